The Kier molecular flexibility index (Phi) is 6.52. The van der Waals surface area contributed by atoms with E-state index in [4.69, 9.17) is 5.84 Å². The summed E-state index contributed by atoms with van der Waals surface area (Å²) in [4.78, 5) is 14.4. The summed E-state index contributed by atoms with van der Waals surface area (Å²) in [5.41, 5.74) is 1.96. The Labute approximate surface area is 170 Å². The van der Waals surface area contributed by atoms with Crippen molar-refractivity contribution in [3.05, 3.63) is 64.6 Å². The maximum atomic E-state index is 12.6. The van der Waals surface area contributed by atoms with Gasteiger partial charge in [0.1, 0.15) is 0 Å². The molecule has 0 aliphatic rings. The van der Waals surface area contributed by atoms with Crippen LogP contribution in [0.4, 0.5) is 0 Å². The van der Waals surface area contributed by atoms with Gasteiger partial charge in [-0.15, -0.1) is 10.2 Å². The van der Waals surface area contributed by atoms with Crippen LogP contribution in [0.2, 0.25) is 0 Å². The minimum absolute atomic E-state index is 0.0387. The van der Waals surface area contributed by atoms with Gasteiger partial charge in [0.05, 0.1) is 5.75 Å². The van der Waals surface area contributed by atoms with Crippen molar-refractivity contribution in [1.82, 2.24) is 19.8 Å². The Morgan fingerprint density at radius 2 is 1.85 bits per heavy atom. The zero-order valence-corrected chi connectivity index (χ0v) is 17.3. The molecule has 2 aromatic carbocycles. The quantitative estimate of drug-likeness (QED) is 0.444. The van der Waals surface area contributed by atoms with E-state index in [2.05, 4.69) is 26.1 Å². The van der Waals surface area contributed by atoms with E-state index in [1.807, 2.05) is 66.4 Å². The van der Waals surface area contributed by atoms with E-state index in [9.17, 15) is 4.79 Å². The molecule has 1 amide bonds. The number of aromatic nitrogens is 3. The predicted molar refractivity (Wildman–Crippen MR) is 112 cm³/mol. The predicted octanol–water partition coefficient (Wildman–Crippen LogP) is 3.56. The SMILES string of the molecule is CCN(Cc1ccccc1)C(=O)CSc1nnc(-c2ccccc2Br)n1N. The second-order valence-corrected chi connectivity index (χ2v) is 7.64. The third-order valence-electron chi connectivity index (χ3n) is 4.05. The fraction of sp³-hybridized carbons (Fsp3) is 0.211. The number of nitrogens with two attached hydrogens (primary N) is 1. The molecule has 0 radical (unpaired) electrons. The number of nitrogens with zero attached hydrogens (tertiary/aromatic N) is 4. The molecule has 0 saturated carbocycles. The van der Waals surface area contributed by atoms with Crippen molar-refractivity contribution in [1.29, 1.82) is 0 Å². The van der Waals surface area contributed by atoms with Crippen molar-refractivity contribution in [2.45, 2.75) is 18.6 Å². The van der Waals surface area contributed by atoms with E-state index >= 15 is 0 Å². The van der Waals surface area contributed by atoms with Crippen molar-refractivity contribution in [2.75, 3.05) is 18.1 Å². The lowest BCUT2D eigenvalue weighted by Crippen LogP contribution is -2.31. The number of hydrogen-bond acceptors (Lipinski definition) is 5. The van der Waals surface area contributed by atoms with Crippen molar-refractivity contribution >= 4 is 33.6 Å². The molecule has 3 aromatic rings. The highest BCUT2D eigenvalue weighted by Crippen LogP contribution is 2.28. The van der Waals surface area contributed by atoms with Gasteiger partial charge >= 0.3 is 0 Å². The minimum Gasteiger partial charge on any atom is -0.338 e. The molecule has 1 heterocycles. The molecule has 0 atom stereocenters. The van der Waals surface area contributed by atoms with Crippen LogP contribution in [0.5, 0.6) is 0 Å². The maximum absolute atomic E-state index is 12.6. The van der Waals surface area contributed by atoms with Crippen LogP contribution in [-0.4, -0.2) is 38.0 Å². The van der Waals surface area contributed by atoms with Gasteiger partial charge in [-0.3, -0.25) is 4.79 Å². The number of carbonyl (C=O) groups excluding carboxylic acids is 1. The van der Waals surface area contributed by atoms with Crippen molar-refractivity contribution < 1.29 is 4.79 Å². The number of rotatable bonds is 7. The summed E-state index contributed by atoms with van der Waals surface area (Å²) in [7, 11) is 0. The first kappa shape index (κ1) is 19.4. The van der Waals surface area contributed by atoms with E-state index in [0.29, 0.717) is 24.1 Å². The number of carbonyl (C=O) groups is 1. The maximum Gasteiger partial charge on any atom is 0.233 e. The summed E-state index contributed by atoms with van der Waals surface area (Å²) in [6, 6.07) is 17.6. The average molecular weight is 446 g/mol. The molecule has 3 rings (SSSR count). The Balaban J connectivity index is 1.66. The molecule has 1 aromatic heterocycles. The molecular formula is C19H20BrN5OS. The number of thioether (sulfide) groups is 1. The molecule has 0 aliphatic carbocycles. The van der Waals surface area contributed by atoms with E-state index < -0.39 is 0 Å². The second-order valence-electron chi connectivity index (χ2n) is 5.84. The minimum atomic E-state index is 0.0387. The van der Waals surface area contributed by atoms with E-state index in [0.717, 1.165) is 15.6 Å². The summed E-state index contributed by atoms with van der Waals surface area (Å²) in [5, 5.41) is 8.81. The molecule has 27 heavy (non-hydrogen) atoms. The summed E-state index contributed by atoms with van der Waals surface area (Å²) < 4.78 is 2.31. The van der Waals surface area contributed by atoms with Gasteiger partial charge in [-0.1, -0.05) is 70.2 Å². The van der Waals surface area contributed by atoms with Gasteiger partial charge in [0.2, 0.25) is 11.1 Å². The van der Waals surface area contributed by atoms with E-state index in [1.165, 1.54) is 16.4 Å². The van der Waals surface area contributed by atoms with Crippen LogP contribution in [0.3, 0.4) is 0 Å². The Morgan fingerprint density at radius 1 is 1.15 bits per heavy atom. The number of halogens is 1. The van der Waals surface area contributed by atoms with Crippen LogP contribution in [0.25, 0.3) is 11.4 Å². The van der Waals surface area contributed by atoms with Crippen LogP contribution < -0.4 is 5.84 Å². The van der Waals surface area contributed by atoms with Gasteiger partial charge in [-0.2, -0.15) is 0 Å². The average Bonchev–Trinajstić information content (AvgIpc) is 3.05. The number of nitrogen functional groups attached to an aromatic ring is 1. The third-order valence-corrected chi connectivity index (χ3v) is 5.67. The summed E-state index contributed by atoms with van der Waals surface area (Å²) in [5.74, 6) is 6.99. The Bertz CT molecular complexity index is 915. The molecule has 8 heteroatoms. The topological polar surface area (TPSA) is 77.0 Å². The highest BCUT2D eigenvalue weighted by Gasteiger charge is 2.17. The third kappa shape index (κ3) is 4.70. The molecule has 0 spiro atoms. The molecule has 0 aliphatic heterocycles. The van der Waals surface area contributed by atoms with Gasteiger partial charge in [-0.25, -0.2) is 4.68 Å². The zero-order chi connectivity index (χ0) is 19.2. The molecule has 140 valence electrons. The number of hydrogen-bond donors (Lipinski definition) is 1. The fourth-order valence-corrected chi connectivity index (χ4v) is 3.82. The largest absolute Gasteiger partial charge is 0.338 e. The Hall–Kier alpha value is -2.32. The summed E-state index contributed by atoms with van der Waals surface area (Å²) in [6.45, 7) is 3.21. The fourth-order valence-electron chi connectivity index (χ4n) is 2.60. The monoisotopic (exact) mass is 445 g/mol. The van der Waals surface area contributed by atoms with E-state index in [-0.39, 0.29) is 11.7 Å². The zero-order valence-electron chi connectivity index (χ0n) is 14.9. The van der Waals surface area contributed by atoms with Gasteiger partial charge in [0.25, 0.3) is 0 Å². The second kappa shape index (κ2) is 9.05. The van der Waals surface area contributed by atoms with Gasteiger partial charge in [-0.05, 0) is 24.6 Å². The highest BCUT2D eigenvalue weighted by atomic mass is 79.9. The Morgan fingerprint density at radius 3 is 2.56 bits per heavy atom. The van der Waals surface area contributed by atoms with Crippen molar-refractivity contribution in [2.24, 2.45) is 0 Å². The first-order valence-corrected chi connectivity index (χ1v) is 10.3. The first-order valence-electron chi connectivity index (χ1n) is 8.50. The van der Waals surface area contributed by atoms with Crippen LogP contribution in [0.15, 0.2) is 64.2 Å². The lowest BCUT2D eigenvalue weighted by Gasteiger charge is -2.20. The normalized spacial score (nSPS) is 10.7. The van der Waals surface area contributed by atoms with Crippen molar-refractivity contribution in [3.8, 4) is 11.4 Å². The lowest BCUT2D eigenvalue weighted by molar-refractivity contribution is -0.128. The standard InChI is InChI=1S/C19H20BrN5OS/c1-2-24(12-14-8-4-3-5-9-14)17(26)13-27-19-23-22-18(25(19)21)15-10-6-7-11-16(15)20/h3-11H,2,12-13,21H2,1H3. The molecule has 2 N–H and O–H groups in total. The molecular weight excluding hydrogens is 426 g/mol. The molecule has 0 bridgehead atoms. The molecule has 0 unspecified atom stereocenters. The summed E-state index contributed by atoms with van der Waals surface area (Å²) >= 11 is 4.78. The lowest BCUT2D eigenvalue weighted by atomic mass is 10.2. The summed E-state index contributed by atoms with van der Waals surface area (Å²) in [6.07, 6.45) is 0. The van der Waals surface area contributed by atoms with Gasteiger partial charge in [0.15, 0.2) is 5.82 Å². The number of benzene rings is 2. The first-order chi connectivity index (χ1) is 13.1. The van der Waals surface area contributed by atoms with Crippen LogP contribution in [-0.2, 0) is 11.3 Å². The van der Waals surface area contributed by atoms with Gasteiger partial charge in [0, 0.05) is 23.1 Å². The van der Waals surface area contributed by atoms with Gasteiger partial charge < -0.3 is 10.7 Å². The molecule has 0 saturated heterocycles. The number of amides is 1. The van der Waals surface area contributed by atoms with Crippen molar-refractivity contribution in [3.63, 3.8) is 0 Å². The molecule has 0 fully saturated rings. The van der Waals surface area contributed by atoms with Crippen LogP contribution in [0.1, 0.15) is 12.5 Å². The van der Waals surface area contributed by atoms with Crippen LogP contribution >= 0.6 is 27.7 Å². The smallest absolute Gasteiger partial charge is 0.233 e. The highest BCUT2D eigenvalue weighted by molar-refractivity contribution is 9.10. The van der Waals surface area contributed by atoms with Crippen LogP contribution in [0, 0.1) is 0 Å². The van der Waals surface area contributed by atoms with E-state index in [1.54, 1.807) is 0 Å². The molecule has 6 nitrogen and oxygen atoms in total.